The number of unbranched alkanes of at least 4 members (excludes halogenated alkanes) is 1. The van der Waals surface area contributed by atoms with Gasteiger partial charge in [-0.2, -0.15) is 0 Å². The lowest BCUT2D eigenvalue weighted by atomic mass is 9.83. The fourth-order valence-corrected chi connectivity index (χ4v) is 2.68. The molecule has 0 aliphatic carbocycles. The Morgan fingerprint density at radius 3 is 2.71 bits per heavy atom. The molecule has 3 nitrogen and oxygen atoms in total. The van der Waals surface area contributed by atoms with Crippen molar-refractivity contribution in [3.8, 4) is 12.3 Å². The van der Waals surface area contributed by atoms with Gasteiger partial charge < -0.3 is 14.8 Å². The number of rotatable bonds is 7. The van der Waals surface area contributed by atoms with Crippen LogP contribution in [-0.2, 0) is 9.47 Å². The van der Waals surface area contributed by atoms with E-state index < -0.39 is 0 Å². The van der Waals surface area contributed by atoms with Crippen LogP contribution in [-0.4, -0.2) is 38.5 Å². The van der Waals surface area contributed by atoms with Gasteiger partial charge >= 0.3 is 0 Å². The van der Waals surface area contributed by atoms with Crippen LogP contribution in [0.2, 0.25) is 0 Å². The van der Waals surface area contributed by atoms with Gasteiger partial charge in [0.15, 0.2) is 0 Å². The molecule has 0 bridgehead atoms. The van der Waals surface area contributed by atoms with Crippen LogP contribution in [0.3, 0.4) is 0 Å². The van der Waals surface area contributed by atoms with Gasteiger partial charge in [-0.3, -0.25) is 0 Å². The van der Waals surface area contributed by atoms with Gasteiger partial charge in [-0.15, -0.1) is 12.3 Å². The second-order valence-electron chi connectivity index (χ2n) is 4.55. The molecular formula is C14H25NO2. The lowest BCUT2D eigenvalue weighted by Gasteiger charge is -2.43. The Morgan fingerprint density at radius 2 is 2.18 bits per heavy atom. The molecular weight excluding hydrogens is 214 g/mol. The summed E-state index contributed by atoms with van der Waals surface area (Å²) in [5, 5.41) is 3.41. The summed E-state index contributed by atoms with van der Waals surface area (Å²) >= 11 is 0. The molecule has 3 heteroatoms. The van der Waals surface area contributed by atoms with Gasteiger partial charge in [-0.1, -0.05) is 0 Å². The first kappa shape index (κ1) is 14.5. The maximum atomic E-state index is 6.06. The monoisotopic (exact) mass is 239 g/mol. The number of hydrogen-bond acceptors (Lipinski definition) is 3. The molecule has 1 heterocycles. The molecule has 1 unspecified atom stereocenters. The molecule has 17 heavy (non-hydrogen) atoms. The highest BCUT2D eigenvalue weighted by atomic mass is 16.5. The van der Waals surface area contributed by atoms with Crippen molar-refractivity contribution in [1.82, 2.24) is 5.32 Å². The molecule has 0 aromatic carbocycles. The third-order valence-corrected chi connectivity index (χ3v) is 3.57. The van der Waals surface area contributed by atoms with Crippen molar-refractivity contribution in [3.05, 3.63) is 0 Å². The quantitative estimate of drug-likeness (QED) is 0.544. The van der Waals surface area contributed by atoms with Crippen LogP contribution >= 0.6 is 0 Å². The normalized spacial score (nSPS) is 20.8. The molecule has 0 radical (unpaired) electrons. The van der Waals surface area contributed by atoms with Gasteiger partial charge in [0, 0.05) is 45.1 Å². The van der Waals surface area contributed by atoms with E-state index in [-0.39, 0.29) is 5.60 Å². The number of likely N-dealkylation sites (N-methyl/N-ethyl adjacent to an activating group) is 1. The fraction of sp³-hybridized carbons (Fsp3) is 0.857. The van der Waals surface area contributed by atoms with Crippen molar-refractivity contribution >= 4 is 0 Å². The molecule has 0 aromatic rings. The Balaban J connectivity index is 2.61. The smallest absolute Gasteiger partial charge is 0.0878 e. The number of nitrogens with one attached hydrogen (secondary N) is 1. The molecule has 1 aliphatic rings. The average Bonchev–Trinajstić information content (AvgIpc) is 2.36. The minimum Gasteiger partial charge on any atom is -0.381 e. The summed E-state index contributed by atoms with van der Waals surface area (Å²) in [6.07, 6.45) is 10.2. The van der Waals surface area contributed by atoms with E-state index in [0.717, 1.165) is 51.9 Å². The Kier molecular flexibility index (Phi) is 6.57. The van der Waals surface area contributed by atoms with E-state index >= 15 is 0 Å². The summed E-state index contributed by atoms with van der Waals surface area (Å²) < 4.78 is 11.5. The molecule has 1 atom stereocenters. The molecule has 0 spiro atoms. The van der Waals surface area contributed by atoms with Gasteiger partial charge in [-0.25, -0.2) is 0 Å². The molecule has 0 aromatic heterocycles. The van der Waals surface area contributed by atoms with E-state index in [4.69, 9.17) is 15.9 Å². The van der Waals surface area contributed by atoms with Gasteiger partial charge in [0.25, 0.3) is 0 Å². The van der Waals surface area contributed by atoms with Crippen molar-refractivity contribution in [2.45, 2.75) is 50.7 Å². The minimum absolute atomic E-state index is 0.0592. The largest absolute Gasteiger partial charge is 0.381 e. The standard InChI is InChI=1S/C14H25NO2/c1-4-6-7-8-13(15-3)14(17-5-2)9-11-16-12-10-14/h1,13,15H,5-12H2,2-3H3. The predicted octanol–water partition coefficient (Wildman–Crippen LogP) is 1.96. The van der Waals surface area contributed by atoms with E-state index in [9.17, 15) is 0 Å². The van der Waals surface area contributed by atoms with Gasteiger partial charge in [-0.05, 0) is 26.8 Å². The third kappa shape index (κ3) is 3.99. The highest BCUT2D eigenvalue weighted by Crippen LogP contribution is 2.31. The summed E-state index contributed by atoms with van der Waals surface area (Å²) in [7, 11) is 2.01. The van der Waals surface area contributed by atoms with E-state index in [2.05, 4.69) is 18.2 Å². The zero-order valence-electron chi connectivity index (χ0n) is 11.1. The van der Waals surface area contributed by atoms with Crippen LogP contribution in [0.25, 0.3) is 0 Å². The van der Waals surface area contributed by atoms with Gasteiger partial charge in [0.1, 0.15) is 0 Å². The molecule has 1 saturated heterocycles. The first-order valence-electron chi connectivity index (χ1n) is 6.61. The van der Waals surface area contributed by atoms with E-state index in [1.54, 1.807) is 0 Å². The molecule has 0 saturated carbocycles. The maximum Gasteiger partial charge on any atom is 0.0878 e. The Morgan fingerprint density at radius 1 is 1.47 bits per heavy atom. The predicted molar refractivity (Wildman–Crippen MR) is 69.9 cm³/mol. The molecule has 1 aliphatic heterocycles. The Labute approximate surface area is 105 Å². The summed E-state index contributed by atoms with van der Waals surface area (Å²) in [6.45, 7) is 4.42. The van der Waals surface area contributed by atoms with Crippen LogP contribution < -0.4 is 5.32 Å². The number of ether oxygens (including phenoxy) is 2. The number of hydrogen-bond donors (Lipinski definition) is 1. The Bertz CT molecular complexity index is 236. The summed E-state index contributed by atoms with van der Waals surface area (Å²) in [5.41, 5.74) is -0.0592. The minimum atomic E-state index is -0.0592. The van der Waals surface area contributed by atoms with Crippen LogP contribution in [0.5, 0.6) is 0 Å². The molecule has 1 rings (SSSR count). The highest BCUT2D eigenvalue weighted by Gasteiger charge is 2.39. The molecule has 1 fully saturated rings. The SMILES string of the molecule is C#CCCCC(NC)C1(OCC)CCOCC1. The second-order valence-corrected chi connectivity index (χ2v) is 4.55. The second kappa shape index (κ2) is 7.71. The zero-order chi connectivity index (χ0) is 12.6. The van der Waals surface area contributed by atoms with Gasteiger partial charge in [0.05, 0.1) is 5.60 Å². The third-order valence-electron chi connectivity index (χ3n) is 3.57. The average molecular weight is 239 g/mol. The van der Waals surface area contributed by atoms with Crippen LogP contribution in [0.1, 0.15) is 39.0 Å². The van der Waals surface area contributed by atoms with Crippen LogP contribution in [0.15, 0.2) is 0 Å². The lowest BCUT2D eigenvalue weighted by Crippen LogP contribution is -2.54. The lowest BCUT2D eigenvalue weighted by molar-refractivity contribution is -0.127. The van der Waals surface area contributed by atoms with E-state index in [1.165, 1.54) is 0 Å². The maximum absolute atomic E-state index is 6.06. The van der Waals surface area contributed by atoms with Crippen molar-refractivity contribution in [1.29, 1.82) is 0 Å². The van der Waals surface area contributed by atoms with Crippen LogP contribution in [0.4, 0.5) is 0 Å². The Hall–Kier alpha value is -0.560. The molecule has 1 N–H and O–H groups in total. The molecule has 98 valence electrons. The van der Waals surface area contributed by atoms with Gasteiger partial charge in [0.2, 0.25) is 0 Å². The molecule has 0 amide bonds. The summed E-state index contributed by atoms with van der Waals surface area (Å²) in [4.78, 5) is 0. The summed E-state index contributed by atoms with van der Waals surface area (Å²) in [5.74, 6) is 2.70. The first-order chi connectivity index (χ1) is 8.29. The number of terminal acetylenes is 1. The zero-order valence-corrected chi connectivity index (χ0v) is 11.1. The van der Waals surface area contributed by atoms with Crippen molar-refractivity contribution < 1.29 is 9.47 Å². The van der Waals surface area contributed by atoms with E-state index in [0.29, 0.717) is 6.04 Å². The van der Waals surface area contributed by atoms with Crippen LogP contribution in [0, 0.1) is 12.3 Å². The topological polar surface area (TPSA) is 30.5 Å². The van der Waals surface area contributed by atoms with Crippen molar-refractivity contribution in [3.63, 3.8) is 0 Å². The van der Waals surface area contributed by atoms with Crippen molar-refractivity contribution in [2.75, 3.05) is 26.9 Å². The first-order valence-corrected chi connectivity index (χ1v) is 6.61. The van der Waals surface area contributed by atoms with E-state index in [1.807, 2.05) is 7.05 Å². The summed E-state index contributed by atoms with van der Waals surface area (Å²) in [6, 6.07) is 0.375. The fourth-order valence-electron chi connectivity index (χ4n) is 2.68. The van der Waals surface area contributed by atoms with Crippen molar-refractivity contribution in [2.24, 2.45) is 0 Å². The highest BCUT2D eigenvalue weighted by molar-refractivity contribution is 4.95.